The Hall–Kier alpha value is -2.36. The van der Waals surface area contributed by atoms with Crippen LogP contribution in [0.4, 0.5) is 24.5 Å². The highest BCUT2D eigenvalue weighted by atomic mass is 19.4. The van der Waals surface area contributed by atoms with E-state index in [0.29, 0.717) is 0 Å². The van der Waals surface area contributed by atoms with E-state index in [2.05, 4.69) is 5.43 Å². The largest absolute Gasteiger partial charge is 0.390 e. The van der Waals surface area contributed by atoms with Crippen LogP contribution in [0.1, 0.15) is 16.8 Å². The monoisotopic (exact) mass is 306 g/mol. The van der Waals surface area contributed by atoms with E-state index in [1.54, 1.807) is 0 Å². The molecule has 1 aromatic carbocycles. The summed E-state index contributed by atoms with van der Waals surface area (Å²) in [5, 5.41) is 10.7. The number of hydrazine groups is 1. The maximum atomic E-state index is 12.1. The number of carbonyl (C=O) groups is 1. The number of halogens is 3. The number of benzene rings is 1. The number of hydrogen-bond acceptors (Lipinski definition) is 5. The van der Waals surface area contributed by atoms with E-state index >= 15 is 0 Å². The molecule has 0 aromatic heterocycles. The van der Waals surface area contributed by atoms with Crippen LogP contribution in [0.25, 0.3) is 0 Å². The molecule has 0 atom stereocenters. The van der Waals surface area contributed by atoms with Crippen LogP contribution < -0.4 is 11.3 Å². The third-order valence-corrected chi connectivity index (χ3v) is 2.67. The van der Waals surface area contributed by atoms with Gasteiger partial charge >= 0.3 is 6.18 Å². The normalized spacial score (nSPS) is 11.1. The summed E-state index contributed by atoms with van der Waals surface area (Å²) in [6.45, 7) is -0.509. The Labute approximate surface area is 117 Å². The van der Waals surface area contributed by atoms with Crippen molar-refractivity contribution in [2.24, 2.45) is 5.84 Å². The molecule has 0 radical (unpaired) electrons. The lowest BCUT2D eigenvalue weighted by atomic mass is 10.1. The van der Waals surface area contributed by atoms with Gasteiger partial charge in [-0.25, -0.2) is 0 Å². The first-order valence-electron chi connectivity index (χ1n) is 5.73. The highest BCUT2D eigenvalue weighted by Gasteiger charge is 2.28. The Morgan fingerprint density at radius 1 is 1.48 bits per heavy atom. The maximum absolute atomic E-state index is 12.1. The number of nitro groups is 1. The molecule has 0 aliphatic heterocycles. The van der Waals surface area contributed by atoms with Crippen LogP contribution in [0, 0.1) is 10.1 Å². The Morgan fingerprint density at radius 2 is 2.10 bits per heavy atom. The Kier molecular flexibility index (Phi) is 5.08. The number of rotatable bonds is 5. The number of carbonyl (C=O) groups excluding carboxylic acids is 1. The molecule has 1 rings (SSSR count). The molecule has 0 bridgehead atoms. The molecule has 21 heavy (non-hydrogen) atoms. The van der Waals surface area contributed by atoms with Gasteiger partial charge in [0.2, 0.25) is 0 Å². The van der Waals surface area contributed by atoms with Crippen LogP contribution in [-0.2, 0) is 0 Å². The minimum Gasteiger partial charge on any atom is -0.341 e. The molecule has 116 valence electrons. The van der Waals surface area contributed by atoms with E-state index in [0.717, 1.165) is 23.1 Å². The van der Waals surface area contributed by atoms with Crippen LogP contribution in [0.15, 0.2) is 18.2 Å². The van der Waals surface area contributed by atoms with Gasteiger partial charge in [0, 0.05) is 25.2 Å². The van der Waals surface area contributed by atoms with E-state index in [-0.39, 0.29) is 16.9 Å². The average Bonchev–Trinajstić information content (AvgIpc) is 2.42. The number of amides is 1. The summed E-state index contributed by atoms with van der Waals surface area (Å²) in [6, 6.07) is 3.33. The number of nitrogens with two attached hydrogens (primary N) is 1. The lowest BCUT2D eigenvalue weighted by Gasteiger charge is -2.18. The van der Waals surface area contributed by atoms with Gasteiger partial charge in [-0.1, -0.05) is 0 Å². The van der Waals surface area contributed by atoms with Gasteiger partial charge in [-0.2, -0.15) is 13.2 Å². The van der Waals surface area contributed by atoms with E-state index in [1.165, 1.54) is 7.05 Å². The standard InChI is InChI=1S/C11H13F3N4O3/c1-17(5-4-11(12,13)14)10(19)7-2-3-9(18(20)21)8(6-7)16-15/h2-3,6,16H,4-5,15H2,1H3. The molecule has 0 heterocycles. The summed E-state index contributed by atoms with van der Waals surface area (Å²) in [7, 11) is 1.21. The molecular weight excluding hydrogens is 293 g/mol. The molecule has 10 heteroatoms. The number of alkyl halides is 3. The molecule has 0 unspecified atom stereocenters. The van der Waals surface area contributed by atoms with Gasteiger partial charge in [0.05, 0.1) is 11.3 Å². The average molecular weight is 306 g/mol. The second-order valence-electron chi connectivity index (χ2n) is 4.23. The van der Waals surface area contributed by atoms with Gasteiger partial charge in [-0.3, -0.25) is 20.8 Å². The van der Waals surface area contributed by atoms with Crippen molar-refractivity contribution in [1.29, 1.82) is 0 Å². The highest BCUT2D eigenvalue weighted by molar-refractivity contribution is 5.95. The maximum Gasteiger partial charge on any atom is 0.390 e. The fourth-order valence-corrected chi connectivity index (χ4v) is 1.56. The number of hydrogen-bond donors (Lipinski definition) is 2. The van der Waals surface area contributed by atoms with Crippen molar-refractivity contribution in [2.75, 3.05) is 19.0 Å². The first kappa shape index (κ1) is 16.7. The number of nitro benzene ring substituents is 1. The van der Waals surface area contributed by atoms with Crippen LogP contribution in [-0.4, -0.2) is 35.5 Å². The molecule has 0 fully saturated rings. The van der Waals surface area contributed by atoms with Crippen molar-refractivity contribution >= 4 is 17.3 Å². The Bertz CT molecular complexity index is 548. The van der Waals surface area contributed by atoms with Crippen molar-refractivity contribution < 1.29 is 22.9 Å². The zero-order valence-corrected chi connectivity index (χ0v) is 11.0. The summed E-state index contributed by atoms with van der Waals surface area (Å²) >= 11 is 0. The quantitative estimate of drug-likeness (QED) is 0.491. The van der Waals surface area contributed by atoms with Gasteiger partial charge < -0.3 is 10.3 Å². The fourth-order valence-electron chi connectivity index (χ4n) is 1.56. The van der Waals surface area contributed by atoms with Crippen molar-refractivity contribution in [2.45, 2.75) is 12.6 Å². The van der Waals surface area contributed by atoms with Gasteiger partial charge in [-0.05, 0) is 12.1 Å². The Morgan fingerprint density at radius 3 is 2.57 bits per heavy atom. The van der Waals surface area contributed by atoms with E-state index in [1.807, 2.05) is 0 Å². The SMILES string of the molecule is CN(CCC(F)(F)F)C(=O)c1ccc([N+](=O)[O-])c(NN)c1. The van der Waals surface area contributed by atoms with Crippen LogP contribution >= 0.6 is 0 Å². The lowest BCUT2D eigenvalue weighted by molar-refractivity contribution is -0.384. The molecule has 0 saturated carbocycles. The molecular formula is C11H13F3N4O3. The number of nitrogen functional groups attached to an aromatic ring is 1. The highest BCUT2D eigenvalue weighted by Crippen LogP contribution is 2.25. The zero-order valence-electron chi connectivity index (χ0n) is 11.0. The van der Waals surface area contributed by atoms with Gasteiger partial charge in [0.15, 0.2) is 0 Å². The third-order valence-electron chi connectivity index (χ3n) is 2.67. The molecule has 3 N–H and O–H groups in total. The lowest BCUT2D eigenvalue weighted by Crippen LogP contribution is -2.30. The predicted molar refractivity (Wildman–Crippen MR) is 68.5 cm³/mol. The van der Waals surface area contributed by atoms with E-state index < -0.39 is 30.0 Å². The second kappa shape index (κ2) is 6.39. The van der Waals surface area contributed by atoms with Crippen LogP contribution in [0.5, 0.6) is 0 Å². The molecule has 1 aromatic rings. The number of anilines is 1. The van der Waals surface area contributed by atoms with Crippen LogP contribution in [0.3, 0.4) is 0 Å². The molecule has 0 spiro atoms. The Balaban J connectivity index is 2.90. The fraction of sp³-hybridized carbons (Fsp3) is 0.364. The van der Waals surface area contributed by atoms with Crippen molar-refractivity contribution in [3.05, 3.63) is 33.9 Å². The number of nitrogens with one attached hydrogen (secondary N) is 1. The first-order valence-corrected chi connectivity index (χ1v) is 5.73. The summed E-state index contributed by atoms with van der Waals surface area (Å²) in [4.78, 5) is 22.8. The van der Waals surface area contributed by atoms with Crippen molar-refractivity contribution in [3.8, 4) is 0 Å². The molecule has 0 aliphatic carbocycles. The zero-order chi connectivity index (χ0) is 16.2. The third kappa shape index (κ3) is 4.60. The molecule has 0 saturated heterocycles. The molecule has 0 aliphatic rings. The summed E-state index contributed by atoms with van der Waals surface area (Å²) in [6.07, 6.45) is -5.50. The van der Waals surface area contributed by atoms with Crippen molar-refractivity contribution in [1.82, 2.24) is 4.90 Å². The minimum atomic E-state index is -4.37. The van der Waals surface area contributed by atoms with Crippen LogP contribution in [0.2, 0.25) is 0 Å². The van der Waals surface area contributed by atoms with Gasteiger partial charge in [-0.15, -0.1) is 0 Å². The van der Waals surface area contributed by atoms with Gasteiger partial charge in [0.1, 0.15) is 5.69 Å². The minimum absolute atomic E-state index is 0.00164. The second-order valence-corrected chi connectivity index (χ2v) is 4.23. The van der Waals surface area contributed by atoms with E-state index in [4.69, 9.17) is 5.84 Å². The summed E-state index contributed by atoms with van der Waals surface area (Å²) in [5.74, 6) is 4.43. The summed E-state index contributed by atoms with van der Waals surface area (Å²) < 4.78 is 36.3. The molecule has 7 nitrogen and oxygen atoms in total. The number of nitrogens with zero attached hydrogens (tertiary/aromatic N) is 2. The smallest absolute Gasteiger partial charge is 0.341 e. The van der Waals surface area contributed by atoms with E-state index in [9.17, 15) is 28.1 Å². The van der Waals surface area contributed by atoms with Gasteiger partial charge in [0.25, 0.3) is 11.6 Å². The topological polar surface area (TPSA) is 102 Å². The predicted octanol–water partition coefficient (Wildman–Crippen LogP) is 1.90. The van der Waals surface area contributed by atoms with Crippen molar-refractivity contribution in [3.63, 3.8) is 0 Å². The first-order chi connectivity index (χ1) is 9.65. The summed E-state index contributed by atoms with van der Waals surface area (Å²) in [5.41, 5.74) is 1.63. The molecule has 1 amide bonds.